The van der Waals surface area contributed by atoms with Crippen LogP contribution in [-0.4, -0.2) is 18.8 Å². The summed E-state index contributed by atoms with van der Waals surface area (Å²) in [6.45, 7) is 17.0. The maximum atomic E-state index is 6.37. The summed E-state index contributed by atoms with van der Waals surface area (Å²) in [5, 5.41) is 4.23. The van der Waals surface area contributed by atoms with Crippen molar-refractivity contribution in [3.8, 4) is 11.5 Å². The molecular formula is C19H32Cl2NO2-. The van der Waals surface area contributed by atoms with Crippen LogP contribution in [0.4, 0.5) is 0 Å². The molecule has 0 fully saturated rings. The Balaban J connectivity index is 0.00000529. The highest BCUT2D eigenvalue weighted by atomic mass is 35.5. The quantitative estimate of drug-likeness (QED) is 0.755. The number of benzene rings is 1. The summed E-state index contributed by atoms with van der Waals surface area (Å²) < 4.78 is 11.3. The second-order valence-electron chi connectivity index (χ2n) is 7.75. The van der Waals surface area contributed by atoms with Crippen LogP contribution in [0.15, 0.2) is 12.1 Å². The van der Waals surface area contributed by atoms with Gasteiger partial charge >= 0.3 is 0 Å². The van der Waals surface area contributed by atoms with Crippen molar-refractivity contribution in [2.45, 2.75) is 67.0 Å². The molecule has 0 aromatic heterocycles. The molecular weight excluding hydrogens is 345 g/mol. The molecule has 0 radical (unpaired) electrons. The SMILES string of the molecule is CCOc1cc(CNC(C)(C)CC(C)(C)C)cc(Cl)c1OCC.[Cl-]. The van der Waals surface area contributed by atoms with E-state index in [1.165, 1.54) is 0 Å². The first-order chi connectivity index (χ1) is 10.6. The fraction of sp³-hybridized carbons (Fsp3) is 0.684. The predicted molar refractivity (Wildman–Crippen MR) is 98.8 cm³/mol. The van der Waals surface area contributed by atoms with Gasteiger partial charge in [0.15, 0.2) is 11.5 Å². The van der Waals surface area contributed by atoms with Crippen LogP contribution < -0.4 is 27.2 Å². The third-order valence-electron chi connectivity index (χ3n) is 3.40. The Morgan fingerprint density at radius 3 is 2.08 bits per heavy atom. The smallest absolute Gasteiger partial charge is 0.179 e. The minimum absolute atomic E-state index is 0. The maximum absolute atomic E-state index is 6.37. The van der Waals surface area contributed by atoms with Crippen molar-refractivity contribution in [2.75, 3.05) is 13.2 Å². The second kappa shape index (κ2) is 9.74. The standard InChI is InChI=1S/C19H32ClNO2.ClH/c1-8-22-16-11-14(10-15(20)17(16)23-9-2)12-21-19(6,7)13-18(3,4)5;/h10-11,21H,8-9,12-13H2,1-7H3;1H/p-1. The molecule has 1 aromatic rings. The van der Waals surface area contributed by atoms with Crippen LogP contribution >= 0.6 is 11.6 Å². The first kappa shape index (κ1) is 23.4. The van der Waals surface area contributed by atoms with E-state index < -0.39 is 0 Å². The van der Waals surface area contributed by atoms with Crippen molar-refractivity contribution in [2.24, 2.45) is 5.41 Å². The van der Waals surface area contributed by atoms with E-state index in [9.17, 15) is 0 Å². The molecule has 0 aliphatic heterocycles. The van der Waals surface area contributed by atoms with Gasteiger partial charge in [0.05, 0.1) is 18.2 Å². The molecule has 0 aliphatic carbocycles. The van der Waals surface area contributed by atoms with Crippen LogP contribution in [0.3, 0.4) is 0 Å². The topological polar surface area (TPSA) is 30.5 Å². The van der Waals surface area contributed by atoms with Crippen molar-refractivity contribution >= 4 is 11.6 Å². The summed E-state index contributed by atoms with van der Waals surface area (Å²) in [7, 11) is 0. The van der Waals surface area contributed by atoms with Crippen molar-refractivity contribution in [1.82, 2.24) is 5.32 Å². The summed E-state index contributed by atoms with van der Waals surface area (Å²) >= 11 is 6.37. The number of rotatable bonds is 8. The van der Waals surface area contributed by atoms with Gasteiger partial charge in [0.1, 0.15) is 0 Å². The Hall–Kier alpha value is -0.640. The number of hydrogen-bond acceptors (Lipinski definition) is 3. The molecule has 0 amide bonds. The van der Waals surface area contributed by atoms with Gasteiger partial charge in [-0.25, -0.2) is 0 Å². The summed E-state index contributed by atoms with van der Waals surface area (Å²) in [6.07, 6.45) is 1.09. The third-order valence-corrected chi connectivity index (χ3v) is 3.68. The Bertz CT molecular complexity index is 511. The first-order valence-corrected chi connectivity index (χ1v) is 8.79. The van der Waals surface area contributed by atoms with Gasteiger partial charge in [-0.3, -0.25) is 0 Å². The highest BCUT2D eigenvalue weighted by Gasteiger charge is 2.25. The molecule has 0 saturated carbocycles. The van der Waals surface area contributed by atoms with Gasteiger partial charge in [-0.2, -0.15) is 0 Å². The summed E-state index contributed by atoms with van der Waals surface area (Å²) in [5.74, 6) is 1.35. The van der Waals surface area contributed by atoms with E-state index in [0.29, 0.717) is 29.7 Å². The fourth-order valence-electron chi connectivity index (χ4n) is 3.00. The molecule has 1 aromatic carbocycles. The minimum Gasteiger partial charge on any atom is -1.00 e. The Morgan fingerprint density at radius 1 is 1.00 bits per heavy atom. The van der Waals surface area contributed by atoms with Crippen molar-refractivity contribution in [1.29, 1.82) is 0 Å². The van der Waals surface area contributed by atoms with E-state index in [0.717, 1.165) is 18.5 Å². The lowest BCUT2D eigenvalue weighted by molar-refractivity contribution is -0.00000780. The van der Waals surface area contributed by atoms with Gasteiger partial charge in [-0.05, 0) is 57.2 Å². The van der Waals surface area contributed by atoms with Crippen molar-refractivity contribution in [3.05, 3.63) is 22.7 Å². The second-order valence-corrected chi connectivity index (χ2v) is 8.15. The molecule has 0 atom stereocenters. The summed E-state index contributed by atoms with van der Waals surface area (Å²) in [5.41, 5.74) is 1.43. The Kier molecular flexibility index (Phi) is 9.48. The molecule has 0 aliphatic rings. The van der Waals surface area contributed by atoms with E-state index in [4.69, 9.17) is 21.1 Å². The molecule has 0 heterocycles. The van der Waals surface area contributed by atoms with Crippen LogP contribution in [0.2, 0.25) is 5.02 Å². The van der Waals surface area contributed by atoms with Crippen molar-refractivity contribution < 1.29 is 21.9 Å². The van der Waals surface area contributed by atoms with Crippen LogP contribution in [0.1, 0.15) is 60.5 Å². The molecule has 140 valence electrons. The maximum Gasteiger partial charge on any atom is 0.179 e. The molecule has 3 nitrogen and oxygen atoms in total. The molecule has 24 heavy (non-hydrogen) atoms. The molecule has 1 rings (SSSR count). The zero-order valence-corrected chi connectivity index (χ0v) is 17.6. The van der Waals surface area contributed by atoms with E-state index in [-0.39, 0.29) is 23.4 Å². The van der Waals surface area contributed by atoms with E-state index in [1.54, 1.807) is 0 Å². The van der Waals surface area contributed by atoms with Crippen LogP contribution in [0.25, 0.3) is 0 Å². The largest absolute Gasteiger partial charge is 1.00 e. The van der Waals surface area contributed by atoms with Crippen LogP contribution in [-0.2, 0) is 6.54 Å². The van der Waals surface area contributed by atoms with Gasteiger partial charge in [0.25, 0.3) is 0 Å². The lowest BCUT2D eigenvalue weighted by atomic mass is 9.82. The number of ether oxygens (including phenoxy) is 2. The Labute approximate surface area is 158 Å². The van der Waals surface area contributed by atoms with Gasteiger partial charge in [-0.15, -0.1) is 0 Å². The summed E-state index contributed by atoms with van der Waals surface area (Å²) in [4.78, 5) is 0. The molecule has 0 spiro atoms. The average molecular weight is 377 g/mol. The molecule has 1 N–H and O–H groups in total. The lowest BCUT2D eigenvalue weighted by Gasteiger charge is -2.33. The number of halogens is 2. The third kappa shape index (κ3) is 7.96. The number of hydrogen-bond donors (Lipinski definition) is 1. The molecule has 0 unspecified atom stereocenters. The van der Waals surface area contributed by atoms with Gasteiger partial charge in [-0.1, -0.05) is 32.4 Å². The van der Waals surface area contributed by atoms with E-state index in [1.807, 2.05) is 26.0 Å². The van der Waals surface area contributed by atoms with Crippen LogP contribution in [0.5, 0.6) is 11.5 Å². The lowest BCUT2D eigenvalue weighted by Crippen LogP contribution is -3.00. The van der Waals surface area contributed by atoms with Crippen LogP contribution in [0, 0.1) is 5.41 Å². The number of nitrogens with one attached hydrogen (secondary N) is 1. The fourth-order valence-corrected chi connectivity index (χ4v) is 3.29. The highest BCUT2D eigenvalue weighted by molar-refractivity contribution is 6.32. The molecule has 5 heteroatoms. The Morgan fingerprint density at radius 2 is 1.58 bits per heavy atom. The first-order valence-electron chi connectivity index (χ1n) is 8.41. The predicted octanol–water partition coefficient (Wildman–Crippen LogP) is 2.45. The zero-order valence-electron chi connectivity index (χ0n) is 16.1. The monoisotopic (exact) mass is 376 g/mol. The minimum atomic E-state index is 0. The van der Waals surface area contributed by atoms with E-state index >= 15 is 0 Å². The zero-order chi connectivity index (χ0) is 17.7. The highest BCUT2D eigenvalue weighted by Crippen LogP contribution is 2.37. The molecule has 0 bridgehead atoms. The van der Waals surface area contributed by atoms with Gasteiger partial charge < -0.3 is 27.2 Å². The van der Waals surface area contributed by atoms with Gasteiger partial charge in [0.2, 0.25) is 0 Å². The molecule has 0 saturated heterocycles. The van der Waals surface area contributed by atoms with E-state index in [2.05, 4.69) is 39.9 Å². The summed E-state index contributed by atoms with van der Waals surface area (Å²) in [6, 6.07) is 3.97. The van der Waals surface area contributed by atoms with Gasteiger partial charge in [0, 0.05) is 12.1 Å². The normalized spacial score (nSPS) is 11.8. The van der Waals surface area contributed by atoms with Crippen molar-refractivity contribution in [3.63, 3.8) is 0 Å². The average Bonchev–Trinajstić information content (AvgIpc) is 2.38.